The van der Waals surface area contributed by atoms with E-state index in [0.29, 0.717) is 29.4 Å². The molecular formula is C15H15NO5. The maximum Gasteiger partial charge on any atom is 0.367 e. The van der Waals surface area contributed by atoms with Gasteiger partial charge in [0.15, 0.2) is 11.5 Å². The molecule has 110 valence electrons. The summed E-state index contributed by atoms with van der Waals surface area (Å²) in [7, 11) is 0. The zero-order valence-electron chi connectivity index (χ0n) is 12.0. The normalized spacial score (nSPS) is 15.7. The van der Waals surface area contributed by atoms with Gasteiger partial charge in [0.1, 0.15) is 0 Å². The number of hydrogen-bond donors (Lipinski definition) is 0. The first kappa shape index (κ1) is 14.8. The summed E-state index contributed by atoms with van der Waals surface area (Å²) in [6, 6.07) is 5.02. The summed E-state index contributed by atoms with van der Waals surface area (Å²) in [5.41, 5.74) is 1.62. The van der Waals surface area contributed by atoms with Gasteiger partial charge >= 0.3 is 11.9 Å². The minimum absolute atomic E-state index is 0.339. The molecule has 0 saturated carbocycles. The lowest BCUT2D eigenvalue weighted by molar-refractivity contribution is -0.136. The molecule has 0 saturated heterocycles. The van der Waals surface area contributed by atoms with Gasteiger partial charge in [0.25, 0.3) is 0 Å². The van der Waals surface area contributed by atoms with Crippen molar-refractivity contribution in [2.75, 3.05) is 6.61 Å². The van der Waals surface area contributed by atoms with Gasteiger partial charge in [0, 0.05) is 6.92 Å². The van der Waals surface area contributed by atoms with E-state index in [-0.39, 0.29) is 0 Å². The molecular weight excluding hydrogens is 274 g/mol. The van der Waals surface area contributed by atoms with Crippen LogP contribution in [0.4, 0.5) is 0 Å². The smallest absolute Gasteiger partial charge is 0.367 e. The SMILES string of the molecule is CCOc1cc(/C=C2\C(=O)ON=C2C)ccc1OC(C)=O. The Morgan fingerprint density at radius 3 is 2.71 bits per heavy atom. The Labute approximate surface area is 122 Å². The molecule has 1 aliphatic heterocycles. The Balaban J connectivity index is 2.36. The van der Waals surface area contributed by atoms with Crippen LogP contribution in [0, 0.1) is 0 Å². The summed E-state index contributed by atoms with van der Waals surface area (Å²) in [5, 5.41) is 3.61. The Bertz CT molecular complexity index is 645. The third-order valence-electron chi connectivity index (χ3n) is 2.71. The van der Waals surface area contributed by atoms with Crippen LogP contribution in [0.3, 0.4) is 0 Å². The maximum absolute atomic E-state index is 11.5. The van der Waals surface area contributed by atoms with E-state index in [2.05, 4.69) is 9.99 Å². The Kier molecular flexibility index (Phi) is 4.37. The quantitative estimate of drug-likeness (QED) is 0.368. The zero-order valence-corrected chi connectivity index (χ0v) is 12.0. The molecule has 21 heavy (non-hydrogen) atoms. The summed E-state index contributed by atoms with van der Waals surface area (Å²) < 4.78 is 10.5. The molecule has 0 aromatic heterocycles. The van der Waals surface area contributed by atoms with Crippen molar-refractivity contribution in [1.29, 1.82) is 0 Å². The fourth-order valence-corrected chi connectivity index (χ4v) is 1.81. The van der Waals surface area contributed by atoms with E-state index in [0.717, 1.165) is 5.56 Å². The number of carbonyl (C=O) groups is 2. The van der Waals surface area contributed by atoms with Crippen LogP contribution >= 0.6 is 0 Å². The van der Waals surface area contributed by atoms with E-state index in [1.165, 1.54) is 6.92 Å². The molecule has 2 rings (SSSR count). The average molecular weight is 289 g/mol. The maximum atomic E-state index is 11.5. The van der Waals surface area contributed by atoms with Gasteiger partial charge < -0.3 is 14.3 Å². The van der Waals surface area contributed by atoms with Crippen LogP contribution in [-0.2, 0) is 14.4 Å². The third kappa shape index (κ3) is 3.47. The second-order valence-electron chi connectivity index (χ2n) is 4.35. The van der Waals surface area contributed by atoms with Crippen LogP contribution in [-0.4, -0.2) is 24.3 Å². The first-order chi connectivity index (χ1) is 10.0. The molecule has 0 atom stereocenters. The van der Waals surface area contributed by atoms with Gasteiger partial charge in [-0.1, -0.05) is 11.2 Å². The van der Waals surface area contributed by atoms with Gasteiger partial charge in [-0.2, -0.15) is 0 Å². The molecule has 0 bridgehead atoms. The number of benzene rings is 1. The highest BCUT2D eigenvalue weighted by molar-refractivity contribution is 6.24. The molecule has 0 radical (unpaired) electrons. The van der Waals surface area contributed by atoms with Crippen LogP contribution < -0.4 is 9.47 Å². The van der Waals surface area contributed by atoms with Gasteiger partial charge in [-0.15, -0.1) is 0 Å². The second-order valence-corrected chi connectivity index (χ2v) is 4.35. The number of hydrogen-bond acceptors (Lipinski definition) is 6. The lowest BCUT2D eigenvalue weighted by atomic mass is 10.1. The minimum Gasteiger partial charge on any atom is -0.490 e. The van der Waals surface area contributed by atoms with Gasteiger partial charge in [-0.3, -0.25) is 4.79 Å². The molecule has 6 heteroatoms. The topological polar surface area (TPSA) is 74.2 Å². The van der Waals surface area contributed by atoms with E-state index >= 15 is 0 Å². The number of nitrogens with zero attached hydrogens (tertiary/aromatic N) is 1. The Hall–Kier alpha value is -2.63. The monoisotopic (exact) mass is 289 g/mol. The number of rotatable bonds is 4. The molecule has 1 aromatic carbocycles. The van der Waals surface area contributed by atoms with E-state index in [1.807, 2.05) is 6.92 Å². The van der Waals surface area contributed by atoms with Crippen molar-refractivity contribution in [1.82, 2.24) is 0 Å². The van der Waals surface area contributed by atoms with Crippen molar-refractivity contribution in [3.05, 3.63) is 29.3 Å². The molecule has 0 N–H and O–H groups in total. The van der Waals surface area contributed by atoms with Gasteiger partial charge in [0.05, 0.1) is 17.9 Å². The van der Waals surface area contributed by atoms with Gasteiger partial charge in [-0.05, 0) is 37.6 Å². The fourth-order valence-electron chi connectivity index (χ4n) is 1.81. The van der Waals surface area contributed by atoms with Crippen LogP contribution in [0.15, 0.2) is 28.9 Å². The summed E-state index contributed by atoms with van der Waals surface area (Å²) >= 11 is 0. The van der Waals surface area contributed by atoms with E-state index in [1.54, 1.807) is 31.2 Å². The Morgan fingerprint density at radius 2 is 2.14 bits per heavy atom. The van der Waals surface area contributed by atoms with Crippen molar-refractivity contribution in [3.63, 3.8) is 0 Å². The van der Waals surface area contributed by atoms with Crippen LogP contribution in [0.1, 0.15) is 26.3 Å². The number of ether oxygens (including phenoxy) is 2. The highest BCUT2D eigenvalue weighted by Gasteiger charge is 2.22. The molecule has 6 nitrogen and oxygen atoms in total. The first-order valence-corrected chi connectivity index (χ1v) is 6.44. The Morgan fingerprint density at radius 1 is 1.38 bits per heavy atom. The highest BCUT2D eigenvalue weighted by Crippen LogP contribution is 2.30. The molecule has 0 amide bonds. The number of oxime groups is 1. The molecule has 1 aromatic rings. The molecule has 0 spiro atoms. The molecule has 1 aliphatic rings. The van der Waals surface area contributed by atoms with Crippen LogP contribution in [0.25, 0.3) is 6.08 Å². The van der Waals surface area contributed by atoms with Crippen molar-refractivity contribution >= 4 is 23.7 Å². The van der Waals surface area contributed by atoms with Crippen molar-refractivity contribution in [2.45, 2.75) is 20.8 Å². The van der Waals surface area contributed by atoms with E-state index in [9.17, 15) is 9.59 Å². The van der Waals surface area contributed by atoms with Crippen molar-refractivity contribution in [2.24, 2.45) is 5.16 Å². The standard InChI is InChI=1S/C15H15NO5/c1-4-19-14-8-11(5-6-13(14)20-10(3)17)7-12-9(2)16-21-15(12)18/h5-8H,4H2,1-3H3/b12-7-. The predicted octanol–water partition coefficient (Wildman–Crippen LogP) is 2.33. The third-order valence-corrected chi connectivity index (χ3v) is 2.71. The van der Waals surface area contributed by atoms with E-state index < -0.39 is 11.9 Å². The lowest BCUT2D eigenvalue weighted by Gasteiger charge is -2.10. The number of carbonyl (C=O) groups excluding carboxylic acids is 2. The van der Waals surface area contributed by atoms with Gasteiger partial charge in [-0.25, -0.2) is 4.79 Å². The summed E-state index contributed by atoms with van der Waals surface area (Å²) in [5.74, 6) is -0.146. The van der Waals surface area contributed by atoms with Crippen molar-refractivity contribution in [3.8, 4) is 11.5 Å². The predicted molar refractivity (Wildman–Crippen MR) is 76.1 cm³/mol. The molecule has 1 heterocycles. The summed E-state index contributed by atoms with van der Waals surface area (Å²) in [6.07, 6.45) is 1.65. The van der Waals surface area contributed by atoms with Crippen molar-refractivity contribution < 1.29 is 23.9 Å². The van der Waals surface area contributed by atoms with E-state index in [4.69, 9.17) is 9.47 Å². The van der Waals surface area contributed by atoms with Gasteiger partial charge in [0.2, 0.25) is 0 Å². The lowest BCUT2D eigenvalue weighted by Crippen LogP contribution is -2.05. The average Bonchev–Trinajstić information content (AvgIpc) is 2.73. The first-order valence-electron chi connectivity index (χ1n) is 6.44. The minimum atomic E-state index is -0.491. The zero-order chi connectivity index (χ0) is 15.4. The fraction of sp³-hybridized carbons (Fsp3) is 0.267. The van der Waals surface area contributed by atoms with Crippen LogP contribution in [0.5, 0.6) is 11.5 Å². The highest BCUT2D eigenvalue weighted by atomic mass is 16.7. The summed E-state index contributed by atoms with van der Waals surface area (Å²) in [4.78, 5) is 27.1. The molecule has 0 unspecified atom stereocenters. The largest absolute Gasteiger partial charge is 0.490 e. The number of esters is 1. The van der Waals surface area contributed by atoms with Crippen LogP contribution in [0.2, 0.25) is 0 Å². The second kappa shape index (κ2) is 6.21. The summed E-state index contributed by atoms with van der Waals surface area (Å²) in [6.45, 7) is 5.26. The molecule has 0 aliphatic carbocycles. The molecule has 0 fully saturated rings.